The number of amides is 2. The van der Waals surface area contributed by atoms with Crippen LogP contribution in [0, 0.1) is 5.82 Å². The number of piperidine rings is 1. The van der Waals surface area contributed by atoms with E-state index in [0.29, 0.717) is 5.69 Å². The molecular weight excluding hydrogens is 269 g/mol. The number of urea groups is 1. The molecule has 2 amide bonds. The highest BCUT2D eigenvalue weighted by molar-refractivity contribution is 5.90. The molecule has 21 heavy (non-hydrogen) atoms. The van der Waals surface area contributed by atoms with Crippen LogP contribution in [0.4, 0.5) is 14.9 Å². The molecule has 0 radical (unpaired) electrons. The highest BCUT2D eigenvalue weighted by Gasteiger charge is 2.46. The van der Waals surface area contributed by atoms with Gasteiger partial charge in [0.05, 0.1) is 0 Å². The first-order valence-electron chi connectivity index (χ1n) is 7.24. The number of hydrogen-bond donors (Lipinski definition) is 2. The molecule has 1 aromatic carbocycles. The lowest BCUT2D eigenvalue weighted by molar-refractivity contribution is 0.00876. The number of benzene rings is 1. The third-order valence-corrected chi connectivity index (χ3v) is 4.03. The molecule has 1 aliphatic rings. The molecule has 1 fully saturated rings. The van der Waals surface area contributed by atoms with Gasteiger partial charge in [-0.3, -0.25) is 0 Å². The topological polar surface area (TPSA) is 58.4 Å². The van der Waals surface area contributed by atoms with Crippen LogP contribution < -0.4 is 11.1 Å². The Morgan fingerprint density at radius 3 is 2.14 bits per heavy atom. The number of rotatable bonds is 1. The highest BCUT2D eigenvalue weighted by Crippen LogP contribution is 2.38. The number of nitrogens with one attached hydrogen (secondary N) is 1. The molecule has 2 rings (SSSR count). The van der Waals surface area contributed by atoms with Crippen LogP contribution in [-0.2, 0) is 0 Å². The number of nitrogens with two attached hydrogens (primary N) is 1. The lowest BCUT2D eigenvalue weighted by Gasteiger charge is -2.54. The van der Waals surface area contributed by atoms with Gasteiger partial charge in [-0.2, -0.15) is 0 Å². The van der Waals surface area contributed by atoms with Gasteiger partial charge < -0.3 is 16.0 Å². The summed E-state index contributed by atoms with van der Waals surface area (Å²) in [5.41, 5.74) is 6.05. The molecule has 0 saturated carbocycles. The van der Waals surface area contributed by atoms with Crippen LogP contribution in [-0.4, -0.2) is 28.1 Å². The summed E-state index contributed by atoms with van der Waals surface area (Å²) < 4.78 is 12.9. The maximum absolute atomic E-state index is 12.9. The first-order valence-corrected chi connectivity index (χ1v) is 7.24. The Labute approximate surface area is 125 Å². The van der Waals surface area contributed by atoms with E-state index in [1.807, 2.05) is 32.6 Å². The maximum Gasteiger partial charge on any atom is 0.322 e. The Balaban J connectivity index is 2.21. The minimum Gasteiger partial charge on any atom is -0.328 e. The van der Waals surface area contributed by atoms with Crippen molar-refractivity contribution in [2.45, 2.75) is 57.7 Å². The molecule has 1 heterocycles. The van der Waals surface area contributed by atoms with Crippen LogP contribution in [0.15, 0.2) is 24.3 Å². The van der Waals surface area contributed by atoms with E-state index in [9.17, 15) is 9.18 Å². The van der Waals surface area contributed by atoms with Crippen molar-refractivity contribution in [1.82, 2.24) is 4.90 Å². The minimum absolute atomic E-state index is 0.0878. The monoisotopic (exact) mass is 293 g/mol. The van der Waals surface area contributed by atoms with Gasteiger partial charge >= 0.3 is 6.03 Å². The van der Waals surface area contributed by atoms with E-state index in [-0.39, 0.29) is 29.0 Å². The van der Waals surface area contributed by atoms with Gasteiger partial charge in [0.1, 0.15) is 5.82 Å². The van der Waals surface area contributed by atoms with E-state index in [4.69, 9.17) is 5.73 Å². The zero-order valence-electron chi connectivity index (χ0n) is 13.1. The number of carbonyl (C=O) groups is 1. The van der Waals surface area contributed by atoms with Gasteiger partial charge in [-0.25, -0.2) is 9.18 Å². The van der Waals surface area contributed by atoms with Gasteiger partial charge in [0.15, 0.2) is 0 Å². The van der Waals surface area contributed by atoms with E-state index in [0.717, 1.165) is 12.8 Å². The number of nitrogens with zero attached hydrogens (tertiary/aromatic N) is 1. The molecule has 1 saturated heterocycles. The standard InChI is InChI=1S/C16H24FN3O/c1-15(2)9-12(18)10-16(3,4)20(15)14(21)19-13-7-5-11(17)6-8-13/h5-8,12H,9-10,18H2,1-4H3,(H,19,21). The van der Waals surface area contributed by atoms with Crippen LogP contribution in [0.1, 0.15) is 40.5 Å². The molecule has 116 valence electrons. The molecule has 0 bridgehead atoms. The molecule has 0 unspecified atom stereocenters. The van der Waals surface area contributed by atoms with Gasteiger partial charge in [0.25, 0.3) is 0 Å². The van der Waals surface area contributed by atoms with E-state index < -0.39 is 0 Å². The fourth-order valence-corrected chi connectivity index (χ4v) is 3.62. The quantitative estimate of drug-likeness (QED) is 0.834. The Kier molecular flexibility index (Phi) is 3.97. The van der Waals surface area contributed by atoms with Gasteiger partial charge in [0, 0.05) is 22.8 Å². The number of hydrogen-bond acceptors (Lipinski definition) is 2. The van der Waals surface area contributed by atoms with Crippen molar-refractivity contribution in [1.29, 1.82) is 0 Å². The van der Waals surface area contributed by atoms with Crippen LogP contribution in [0.25, 0.3) is 0 Å². The van der Waals surface area contributed by atoms with Crippen molar-refractivity contribution in [3.05, 3.63) is 30.1 Å². The van der Waals surface area contributed by atoms with Gasteiger partial charge in [-0.15, -0.1) is 0 Å². The van der Waals surface area contributed by atoms with Crippen molar-refractivity contribution in [3.8, 4) is 0 Å². The summed E-state index contributed by atoms with van der Waals surface area (Å²) in [6.07, 6.45) is 1.51. The van der Waals surface area contributed by atoms with E-state index in [1.165, 1.54) is 12.1 Å². The SMILES string of the molecule is CC1(C)CC(N)CC(C)(C)N1C(=O)Nc1ccc(F)cc1. The van der Waals surface area contributed by atoms with E-state index in [2.05, 4.69) is 5.32 Å². The first-order chi connectivity index (χ1) is 9.62. The second-order valence-corrected chi connectivity index (χ2v) is 7.07. The molecule has 0 aromatic heterocycles. The lowest BCUT2D eigenvalue weighted by atomic mass is 9.77. The van der Waals surface area contributed by atoms with E-state index >= 15 is 0 Å². The summed E-state index contributed by atoms with van der Waals surface area (Å²) in [6, 6.07) is 5.69. The third kappa shape index (κ3) is 3.35. The van der Waals surface area contributed by atoms with Crippen molar-refractivity contribution >= 4 is 11.7 Å². The molecule has 1 aromatic rings. The summed E-state index contributed by atoms with van der Waals surface area (Å²) in [4.78, 5) is 14.5. The zero-order chi connectivity index (χ0) is 15.8. The van der Waals surface area contributed by atoms with Gasteiger partial charge in [-0.1, -0.05) is 0 Å². The second kappa shape index (κ2) is 5.30. The first kappa shape index (κ1) is 15.8. The Bertz CT molecular complexity index is 507. The number of likely N-dealkylation sites (tertiary alicyclic amines) is 1. The summed E-state index contributed by atoms with van der Waals surface area (Å²) in [5, 5.41) is 2.84. The smallest absolute Gasteiger partial charge is 0.322 e. The lowest BCUT2D eigenvalue weighted by Crippen LogP contribution is -2.66. The van der Waals surface area contributed by atoms with Gasteiger partial charge in [-0.05, 0) is 64.8 Å². The Hall–Kier alpha value is -1.62. The number of halogens is 1. The van der Waals surface area contributed by atoms with Crippen LogP contribution in [0.5, 0.6) is 0 Å². The van der Waals surface area contributed by atoms with Gasteiger partial charge in [0.2, 0.25) is 0 Å². The highest BCUT2D eigenvalue weighted by atomic mass is 19.1. The van der Waals surface area contributed by atoms with Crippen molar-refractivity contribution in [2.75, 3.05) is 5.32 Å². The van der Waals surface area contributed by atoms with Crippen LogP contribution >= 0.6 is 0 Å². The Morgan fingerprint density at radius 1 is 1.19 bits per heavy atom. The van der Waals surface area contributed by atoms with E-state index in [1.54, 1.807) is 12.1 Å². The fourth-order valence-electron chi connectivity index (χ4n) is 3.62. The van der Waals surface area contributed by atoms with Crippen molar-refractivity contribution in [2.24, 2.45) is 5.73 Å². The summed E-state index contributed by atoms with van der Waals surface area (Å²) in [7, 11) is 0. The molecular formula is C16H24FN3O. The second-order valence-electron chi connectivity index (χ2n) is 7.07. The average molecular weight is 293 g/mol. The number of carbonyl (C=O) groups excluding carboxylic acids is 1. The molecule has 3 N–H and O–H groups in total. The van der Waals surface area contributed by atoms with Crippen molar-refractivity contribution in [3.63, 3.8) is 0 Å². The normalized spacial score (nSPS) is 21.1. The zero-order valence-corrected chi connectivity index (χ0v) is 13.1. The van der Waals surface area contributed by atoms with Crippen LogP contribution in [0.2, 0.25) is 0 Å². The Morgan fingerprint density at radius 2 is 1.67 bits per heavy atom. The summed E-state index contributed by atoms with van der Waals surface area (Å²) in [6.45, 7) is 8.10. The number of anilines is 1. The molecule has 1 aliphatic heterocycles. The predicted octanol–water partition coefficient (Wildman–Crippen LogP) is 3.34. The fraction of sp³-hybridized carbons (Fsp3) is 0.562. The summed E-state index contributed by atoms with van der Waals surface area (Å²) in [5.74, 6) is -0.322. The van der Waals surface area contributed by atoms with Crippen LogP contribution in [0.3, 0.4) is 0 Å². The minimum atomic E-state index is -0.328. The molecule has 5 heteroatoms. The molecule has 0 atom stereocenters. The van der Waals surface area contributed by atoms with Crippen molar-refractivity contribution < 1.29 is 9.18 Å². The maximum atomic E-state index is 12.9. The largest absolute Gasteiger partial charge is 0.328 e. The average Bonchev–Trinajstić information content (AvgIpc) is 2.27. The molecule has 4 nitrogen and oxygen atoms in total. The summed E-state index contributed by atoms with van der Waals surface area (Å²) >= 11 is 0. The predicted molar refractivity (Wildman–Crippen MR) is 82.6 cm³/mol. The molecule has 0 aliphatic carbocycles. The third-order valence-electron chi connectivity index (χ3n) is 4.03. The molecule has 0 spiro atoms.